The Bertz CT molecular complexity index is 286. The molecule has 1 saturated heterocycles. The molecular formula is C16H32O6. The first-order valence-electron chi connectivity index (χ1n) is 8.47. The fraction of sp³-hybridized carbons (Fsp3) is 1.00. The van der Waals surface area contributed by atoms with Crippen LogP contribution in [0.2, 0.25) is 0 Å². The van der Waals surface area contributed by atoms with Crippen LogP contribution in [0.15, 0.2) is 0 Å². The van der Waals surface area contributed by atoms with Gasteiger partial charge in [0.05, 0.1) is 12.7 Å². The minimum Gasteiger partial charge on any atom is -0.394 e. The molecule has 0 amide bonds. The van der Waals surface area contributed by atoms with Crippen molar-refractivity contribution < 1.29 is 29.9 Å². The van der Waals surface area contributed by atoms with Gasteiger partial charge in [-0.25, -0.2) is 0 Å². The molecule has 0 aromatic rings. The lowest BCUT2D eigenvalue weighted by Crippen LogP contribution is -2.59. The predicted molar refractivity (Wildman–Crippen MR) is 82.3 cm³/mol. The fourth-order valence-corrected chi connectivity index (χ4v) is 2.69. The van der Waals surface area contributed by atoms with Crippen LogP contribution in [0, 0.1) is 0 Å². The molecule has 1 aliphatic rings. The first-order chi connectivity index (χ1) is 10.5. The van der Waals surface area contributed by atoms with Crippen molar-refractivity contribution in [1.29, 1.82) is 0 Å². The van der Waals surface area contributed by atoms with Gasteiger partial charge in [-0.05, 0) is 13.3 Å². The highest BCUT2D eigenvalue weighted by atomic mass is 16.7. The lowest BCUT2D eigenvalue weighted by molar-refractivity contribution is -0.310. The summed E-state index contributed by atoms with van der Waals surface area (Å²) < 4.78 is 11.0. The van der Waals surface area contributed by atoms with Crippen LogP contribution < -0.4 is 0 Å². The smallest absolute Gasteiger partial charge is 0.186 e. The van der Waals surface area contributed by atoms with Gasteiger partial charge in [0.1, 0.15) is 24.4 Å². The van der Waals surface area contributed by atoms with Gasteiger partial charge in [-0.1, -0.05) is 45.4 Å². The van der Waals surface area contributed by atoms with Crippen molar-refractivity contribution in [1.82, 2.24) is 0 Å². The zero-order chi connectivity index (χ0) is 16.5. The van der Waals surface area contributed by atoms with Crippen molar-refractivity contribution in [2.75, 3.05) is 6.61 Å². The quantitative estimate of drug-likeness (QED) is 0.447. The molecule has 6 heteroatoms. The van der Waals surface area contributed by atoms with Crippen LogP contribution in [0.5, 0.6) is 0 Å². The number of hydrogen-bond acceptors (Lipinski definition) is 6. The molecule has 0 bridgehead atoms. The Kier molecular flexibility index (Phi) is 9.47. The highest BCUT2D eigenvalue weighted by Crippen LogP contribution is 2.23. The molecule has 2 unspecified atom stereocenters. The normalized spacial score (nSPS) is 33.8. The Labute approximate surface area is 133 Å². The number of rotatable bonds is 10. The largest absolute Gasteiger partial charge is 0.394 e. The van der Waals surface area contributed by atoms with Crippen molar-refractivity contribution in [3.8, 4) is 0 Å². The summed E-state index contributed by atoms with van der Waals surface area (Å²) in [6.45, 7) is 3.65. The van der Waals surface area contributed by atoms with Crippen molar-refractivity contribution in [3.63, 3.8) is 0 Å². The van der Waals surface area contributed by atoms with E-state index in [0.717, 1.165) is 19.3 Å². The molecule has 0 radical (unpaired) electrons. The number of aliphatic hydroxyl groups excluding tert-OH is 4. The average Bonchev–Trinajstić information content (AvgIpc) is 2.51. The minimum absolute atomic E-state index is 0.118. The van der Waals surface area contributed by atoms with Gasteiger partial charge in [0, 0.05) is 0 Å². The standard InChI is InChI=1S/C16H32O6/c1-3-4-5-6-7-8-9-11(2)21-16-15(20)14(19)13(18)12(10-17)22-16/h11-20H,3-10H2,1-2H3/t11?,12-,13-,14+,15-,16?/m1/s1. The zero-order valence-electron chi connectivity index (χ0n) is 13.7. The molecular weight excluding hydrogens is 288 g/mol. The van der Waals surface area contributed by atoms with E-state index in [2.05, 4.69) is 6.92 Å². The second-order valence-corrected chi connectivity index (χ2v) is 6.20. The molecule has 0 spiro atoms. The molecule has 22 heavy (non-hydrogen) atoms. The minimum atomic E-state index is -1.38. The Morgan fingerprint density at radius 2 is 1.59 bits per heavy atom. The van der Waals surface area contributed by atoms with Crippen LogP contribution in [-0.4, -0.2) is 63.8 Å². The van der Waals surface area contributed by atoms with Crippen molar-refractivity contribution in [2.24, 2.45) is 0 Å². The van der Waals surface area contributed by atoms with E-state index >= 15 is 0 Å². The summed E-state index contributed by atoms with van der Waals surface area (Å²) in [5, 5.41) is 38.4. The third kappa shape index (κ3) is 6.10. The third-order valence-corrected chi connectivity index (χ3v) is 4.18. The first kappa shape index (κ1) is 19.8. The van der Waals surface area contributed by atoms with E-state index in [9.17, 15) is 15.3 Å². The fourth-order valence-electron chi connectivity index (χ4n) is 2.69. The summed E-state index contributed by atoms with van der Waals surface area (Å²) in [7, 11) is 0. The van der Waals surface area contributed by atoms with Crippen LogP contribution in [0.4, 0.5) is 0 Å². The summed E-state index contributed by atoms with van der Waals surface area (Å²) in [4.78, 5) is 0. The lowest BCUT2D eigenvalue weighted by atomic mass is 9.99. The molecule has 1 fully saturated rings. The van der Waals surface area contributed by atoms with Crippen LogP contribution in [-0.2, 0) is 9.47 Å². The van der Waals surface area contributed by atoms with Gasteiger partial charge >= 0.3 is 0 Å². The molecule has 1 rings (SSSR count). The SMILES string of the molecule is CCCCCCCCC(C)OC1O[C@H](CO)[C@@H](O)[C@H](O)[C@H]1O. The molecule has 1 heterocycles. The maximum absolute atomic E-state index is 9.90. The van der Waals surface area contributed by atoms with Crippen LogP contribution in [0.25, 0.3) is 0 Å². The number of ether oxygens (including phenoxy) is 2. The average molecular weight is 320 g/mol. The van der Waals surface area contributed by atoms with E-state index in [4.69, 9.17) is 14.6 Å². The van der Waals surface area contributed by atoms with Gasteiger partial charge in [-0.2, -0.15) is 0 Å². The molecule has 0 aromatic heterocycles. The number of hydrogen-bond donors (Lipinski definition) is 4. The topological polar surface area (TPSA) is 99.4 Å². The second-order valence-electron chi connectivity index (χ2n) is 6.20. The Balaban J connectivity index is 2.29. The molecule has 0 aromatic carbocycles. The summed E-state index contributed by atoms with van der Waals surface area (Å²) in [5.41, 5.74) is 0. The molecule has 1 aliphatic heterocycles. The van der Waals surface area contributed by atoms with E-state index in [1.54, 1.807) is 0 Å². The monoisotopic (exact) mass is 320 g/mol. The maximum atomic E-state index is 9.90. The summed E-state index contributed by atoms with van der Waals surface area (Å²) >= 11 is 0. The second kappa shape index (κ2) is 10.5. The van der Waals surface area contributed by atoms with Crippen LogP contribution >= 0.6 is 0 Å². The first-order valence-corrected chi connectivity index (χ1v) is 8.47. The van der Waals surface area contributed by atoms with Gasteiger partial charge in [-0.15, -0.1) is 0 Å². The molecule has 0 saturated carbocycles. The molecule has 6 nitrogen and oxygen atoms in total. The van der Waals surface area contributed by atoms with Gasteiger partial charge < -0.3 is 29.9 Å². The van der Waals surface area contributed by atoms with Gasteiger partial charge in [0.15, 0.2) is 6.29 Å². The van der Waals surface area contributed by atoms with Crippen LogP contribution in [0.1, 0.15) is 58.8 Å². The molecule has 132 valence electrons. The highest BCUT2D eigenvalue weighted by molar-refractivity contribution is 4.89. The van der Waals surface area contributed by atoms with Crippen molar-refractivity contribution in [2.45, 2.75) is 95.6 Å². The van der Waals surface area contributed by atoms with E-state index in [0.29, 0.717) is 0 Å². The summed E-state index contributed by atoms with van der Waals surface area (Å²) in [5.74, 6) is 0. The Morgan fingerprint density at radius 1 is 0.955 bits per heavy atom. The maximum Gasteiger partial charge on any atom is 0.186 e. The van der Waals surface area contributed by atoms with E-state index < -0.39 is 37.3 Å². The molecule has 4 N–H and O–H groups in total. The van der Waals surface area contributed by atoms with Crippen molar-refractivity contribution in [3.05, 3.63) is 0 Å². The molecule has 6 atom stereocenters. The Morgan fingerprint density at radius 3 is 2.23 bits per heavy atom. The van der Waals surface area contributed by atoms with E-state index in [1.165, 1.54) is 25.7 Å². The summed E-state index contributed by atoms with van der Waals surface area (Å²) in [6.07, 6.45) is 1.96. The van der Waals surface area contributed by atoms with Gasteiger partial charge in [0.25, 0.3) is 0 Å². The number of unbranched alkanes of at least 4 members (excludes halogenated alkanes) is 5. The van der Waals surface area contributed by atoms with E-state index in [1.807, 2.05) is 6.92 Å². The number of aliphatic hydroxyl groups is 4. The highest BCUT2D eigenvalue weighted by Gasteiger charge is 2.44. The lowest BCUT2D eigenvalue weighted by Gasteiger charge is -2.40. The molecule has 0 aliphatic carbocycles. The Hall–Kier alpha value is -0.240. The van der Waals surface area contributed by atoms with Crippen LogP contribution in [0.3, 0.4) is 0 Å². The van der Waals surface area contributed by atoms with E-state index in [-0.39, 0.29) is 6.10 Å². The summed E-state index contributed by atoms with van der Waals surface area (Å²) in [6, 6.07) is 0. The zero-order valence-corrected chi connectivity index (χ0v) is 13.7. The third-order valence-electron chi connectivity index (χ3n) is 4.18. The predicted octanol–water partition coefficient (Wildman–Crippen LogP) is 0.942. The van der Waals surface area contributed by atoms with Crippen molar-refractivity contribution >= 4 is 0 Å². The van der Waals surface area contributed by atoms with Gasteiger partial charge in [-0.3, -0.25) is 0 Å². The van der Waals surface area contributed by atoms with Gasteiger partial charge in [0.2, 0.25) is 0 Å².